The molecule has 0 unspecified atom stereocenters. The molecule has 4 aliphatic rings. The summed E-state index contributed by atoms with van der Waals surface area (Å²) in [7, 11) is -3.74. The SMILES string of the molecule is O=C(COC(=O)[C@H]1C[C@H]2C=C[C@H]1C2)Nc1cc(S(=O)(=O)N2CCOCC2)ccc1N1CCOCC1. The molecular weight excluding hydrogens is 474 g/mol. The van der Waals surface area contributed by atoms with Gasteiger partial charge in [-0.1, -0.05) is 12.2 Å². The number of carbonyl (C=O) groups is 2. The van der Waals surface area contributed by atoms with Crippen LogP contribution in [-0.4, -0.2) is 83.8 Å². The average Bonchev–Trinajstić information content (AvgIpc) is 3.52. The van der Waals surface area contributed by atoms with Gasteiger partial charge >= 0.3 is 5.97 Å². The second-order valence-electron chi connectivity index (χ2n) is 9.34. The Labute approximate surface area is 205 Å². The molecule has 3 fully saturated rings. The first-order valence-corrected chi connectivity index (χ1v) is 13.6. The summed E-state index contributed by atoms with van der Waals surface area (Å²) < 4.78 is 43.8. The Morgan fingerprint density at radius 2 is 1.71 bits per heavy atom. The van der Waals surface area contributed by atoms with Crippen molar-refractivity contribution in [1.82, 2.24) is 4.31 Å². The molecule has 2 heterocycles. The van der Waals surface area contributed by atoms with Gasteiger partial charge < -0.3 is 24.4 Å². The molecule has 2 saturated heterocycles. The second-order valence-corrected chi connectivity index (χ2v) is 11.3. The largest absolute Gasteiger partial charge is 0.455 e. The van der Waals surface area contributed by atoms with E-state index in [-0.39, 0.29) is 35.8 Å². The Kier molecular flexibility index (Phi) is 7.10. The summed E-state index contributed by atoms with van der Waals surface area (Å²) in [6.45, 7) is 3.15. The number of fused-ring (bicyclic) bond motifs is 2. The van der Waals surface area contributed by atoms with Crippen molar-refractivity contribution in [1.29, 1.82) is 0 Å². The van der Waals surface area contributed by atoms with Gasteiger partial charge in [0.05, 0.1) is 48.6 Å². The zero-order valence-electron chi connectivity index (χ0n) is 19.6. The number of nitrogens with zero attached hydrogens (tertiary/aromatic N) is 2. The number of carbonyl (C=O) groups excluding carboxylic acids is 2. The number of hydrogen-bond donors (Lipinski definition) is 1. The van der Waals surface area contributed by atoms with Crippen molar-refractivity contribution >= 4 is 33.3 Å². The summed E-state index contributed by atoms with van der Waals surface area (Å²) in [6, 6.07) is 4.76. The zero-order chi connectivity index (χ0) is 24.4. The molecule has 1 amide bonds. The Morgan fingerprint density at radius 1 is 1.00 bits per heavy atom. The molecule has 2 bridgehead atoms. The molecule has 1 aromatic carbocycles. The van der Waals surface area contributed by atoms with Crippen LogP contribution in [0.4, 0.5) is 11.4 Å². The van der Waals surface area contributed by atoms with Crippen LogP contribution in [0.3, 0.4) is 0 Å². The van der Waals surface area contributed by atoms with Crippen molar-refractivity contribution in [2.45, 2.75) is 17.7 Å². The Bertz CT molecular complexity index is 1090. The molecular formula is C24H31N3O7S. The van der Waals surface area contributed by atoms with E-state index in [4.69, 9.17) is 14.2 Å². The van der Waals surface area contributed by atoms with Gasteiger partial charge in [0.25, 0.3) is 5.91 Å². The first-order valence-electron chi connectivity index (χ1n) is 12.1. The number of rotatable bonds is 7. The molecule has 35 heavy (non-hydrogen) atoms. The van der Waals surface area contributed by atoms with Gasteiger partial charge in [0, 0.05) is 26.2 Å². The van der Waals surface area contributed by atoms with Gasteiger partial charge in [0.15, 0.2) is 6.61 Å². The van der Waals surface area contributed by atoms with E-state index in [0.717, 1.165) is 12.8 Å². The molecule has 1 aromatic rings. The van der Waals surface area contributed by atoms with Crippen LogP contribution in [0.2, 0.25) is 0 Å². The van der Waals surface area contributed by atoms with Crippen LogP contribution in [0.15, 0.2) is 35.2 Å². The summed E-state index contributed by atoms with van der Waals surface area (Å²) >= 11 is 0. The average molecular weight is 506 g/mol. The fourth-order valence-electron chi connectivity index (χ4n) is 5.27. The number of sulfonamides is 1. The van der Waals surface area contributed by atoms with E-state index in [1.54, 1.807) is 12.1 Å². The van der Waals surface area contributed by atoms with Crippen LogP contribution in [0, 0.1) is 17.8 Å². The lowest BCUT2D eigenvalue weighted by atomic mass is 9.94. The van der Waals surface area contributed by atoms with Crippen molar-refractivity contribution < 1.29 is 32.2 Å². The van der Waals surface area contributed by atoms with Gasteiger partial charge in [-0.3, -0.25) is 9.59 Å². The first-order chi connectivity index (χ1) is 16.9. The normalized spacial score (nSPS) is 26.6. The Balaban J connectivity index is 1.31. The van der Waals surface area contributed by atoms with Crippen LogP contribution >= 0.6 is 0 Å². The Morgan fingerprint density at radius 3 is 2.37 bits per heavy atom. The smallest absolute Gasteiger partial charge is 0.310 e. The molecule has 190 valence electrons. The molecule has 11 heteroatoms. The summed E-state index contributed by atoms with van der Waals surface area (Å²) in [5.74, 6) is -0.422. The third kappa shape index (κ3) is 5.23. The van der Waals surface area contributed by atoms with E-state index >= 15 is 0 Å². The van der Waals surface area contributed by atoms with E-state index in [0.29, 0.717) is 56.8 Å². The number of morpholine rings is 2. The number of hydrogen-bond acceptors (Lipinski definition) is 8. The van der Waals surface area contributed by atoms with Gasteiger partial charge in [-0.15, -0.1) is 0 Å². The van der Waals surface area contributed by atoms with Gasteiger partial charge in [-0.2, -0.15) is 4.31 Å². The van der Waals surface area contributed by atoms with Gasteiger partial charge in [-0.25, -0.2) is 8.42 Å². The van der Waals surface area contributed by atoms with Crippen LogP contribution in [0.1, 0.15) is 12.8 Å². The lowest BCUT2D eigenvalue weighted by molar-refractivity contribution is -0.152. The summed E-state index contributed by atoms with van der Waals surface area (Å²) in [4.78, 5) is 27.4. The minimum absolute atomic E-state index is 0.0949. The van der Waals surface area contributed by atoms with Gasteiger partial charge in [0.1, 0.15) is 0 Å². The molecule has 0 aromatic heterocycles. The molecule has 10 nitrogen and oxygen atoms in total. The molecule has 5 rings (SSSR count). The number of amides is 1. The van der Waals surface area contributed by atoms with Crippen LogP contribution in [0.5, 0.6) is 0 Å². The van der Waals surface area contributed by atoms with Crippen LogP contribution in [-0.2, 0) is 33.8 Å². The van der Waals surface area contributed by atoms with Crippen molar-refractivity contribution in [3.8, 4) is 0 Å². The molecule has 2 aliphatic heterocycles. The van der Waals surface area contributed by atoms with Crippen molar-refractivity contribution in [3.63, 3.8) is 0 Å². The summed E-state index contributed by atoms with van der Waals surface area (Å²) in [6.07, 6.45) is 5.95. The van der Waals surface area contributed by atoms with Crippen molar-refractivity contribution in [2.75, 3.05) is 69.4 Å². The van der Waals surface area contributed by atoms with E-state index < -0.39 is 22.5 Å². The number of allylic oxidation sites excluding steroid dienone is 2. The van der Waals surface area contributed by atoms with Crippen molar-refractivity contribution in [3.05, 3.63) is 30.4 Å². The lowest BCUT2D eigenvalue weighted by Gasteiger charge is -2.31. The standard InChI is InChI=1S/C24H31N3O7S/c28-23(16-34-24(29)20-14-17-1-2-18(20)13-17)25-21-15-19(35(30,31)27-7-11-33-12-8-27)3-4-22(21)26-5-9-32-10-6-26/h1-4,15,17-18,20H,5-14,16H2,(H,25,28)/t17-,18-,20-/m0/s1. The highest BCUT2D eigenvalue weighted by Crippen LogP contribution is 2.43. The quantitative estimate of drug-likeness (QED) is 0.435. The lowest BCUT2D eigenvalue weighted by Crippen LogP contribution is -2.40. The van der Waals surface area contributed by atoms with E-state index in [1.165, 1.54) is 10.4 Å². The monoisotopic (exact) mass is 505 g/mol. The minimum Gasteiger partial charge on any atom is -0.455 e. The molecule has 2 aliphatic carbocycles. The molecule has 0 spiro atoms. The second kappa shape index (κ2) is 10.3. The van der Waals surface area contributed by atoms with Crippen molar-refractivity contribution in [2.24, 2.45) is 17.8 Å². The molecule has 3 atom stereocenters. The van der Waals surface area contributed by atoms with Crippen LogP contribution in [0.25, 0.3) is 0 Å². The molecule has 0 radical (unpaired) electrons. The first kappa shape index (κ1) is 24.2. The fraction of sp³-hybridized carbons (Fsp3) is 0.583. The predicted octanol–water partition coefficient (Wildman–Crippen LogP) is 1.24. The molecule has 1 saturated carbocycles. The number of ether oxygens (including phenoxy) is 3. The highest BCUT2D eigenvalue weighted by Gasteiger charge is 2.41. The number of esters is 1. The maximum Gasteiger partial charge on any atom is 0.310 e. The minimum atomic E-state index is -3.74. The van der Waals surface area contributed by atoms with E-state index in [2.05, 4.69) is 17.5 Å². The highest BCUT2D eigenvalue weighted by molar-refractivity contribution is 7.89. The fourth-order valence-corrected chi connectivity index (χ4v) is 6.71. The number of benzene rings is 1. The topological polar surface area (TPSA) is 114 Å². The zero-order valence-corrected chi connectivity index (χ0v) is 20.4. The van der Waals surface area contributed by atoms with Gasteiger partial charge in [0.2, 0.25) is 10.0 Å². The maximum absolute atomic E-state index is 13.2. The third-order valence-corrected chi connectivity index (χ3v) is 9.02. The predicted molar refractivity (Wildman–Crippen MR) is 127 cm³/mol. The number of nitrogens with one attached hydrogen (secondary N) is 1. The summed E-state index contributed by atoms with van der Waals surface area (Å²) in [5, 5.41) is 2.78. The highest BCUT2D eigenvalue weighted by atomic mass is 32.2. The summed E-state index contributed by atoms with van der Waals surface area (Å²) in [5.41, 5.74) is 1.07. The van der Waals surface area contributed by atoms with E-state index in [1.807, 2.05) is 4.90 Å². The third-order valence-electron chi connectivity index (χ3n) is 7.13. The maximum atomic E-state index is 13.2. The van der Waals surface area contributed by atoms with E-state index in [9.17, 15) is 18.0 Å². The Hall–Kier alpha value is -2.47. The van der Waals surface area contributed by atoms with Crippen LogP contribution < -0.4 is 10.2 Å². The molecule has 1 N–H and O–H groups in total. The number of anilines is 2. The van der Waals surface area contributed by atoms with Gasteiger partial charge in [-0.05, 0) is 42.9 Å².